The summed E-state index contributed by atoms with van der Waals surface area (Å²) in [5.41, 5.74) is 2.86. The van der Waals surface area contributed by atoms with E-state index >= 15 is 0 Å². The molecule has 1 aromatic heterocycles. The maximum Gasteiger partial charge on any atom is 0.341 e. The molecule has 9 nitrogen and oxygen atoms in total. The average Bonchev–Trinajstić information content (AvgIpc) is 3.58. The number of hydrogen-bond donors (Lipinski definition) is 0. The number of methoxy groups -OCH3 is 3. The van der Waals surface area contributed by atoms with Crippen LogP contribution < -0.4 is 14.4 Å². The zero-order valence-corrected chi connectivity index (χ0v) is 24.0. The molecule has 4 atom stereocenters. The van der Waals surface area contributed by atoms with E-state index in [1.54, 1.807) is 31.3 Å². The van der Waals surface area contributed by atoms with Crippen molar-refractivity contribution in [2.75, 3.05) is 26.2 Å². The Morgan fingerprint density at radius 2 is 1.66 bits per heavy atom. The van der Waals surface area contributed by atoms with Gasteiger partial charge in [-0.25, -0.2) is 9.69 Å². The van der Waals surface area contributed by atoms with Gasteiger partial charge in [0.25, 0.3) is 0 Å². The Bertz CT molecular complexity index is 1660. The molecule has 3 aliphatic heterocycles. The summed E-state index contributed by atoms with van der Waals surface area (Å²) in [5, 5.41) is 0.229. The average molecular weight is 573 g/mol. The van der Waals surface area contributed by atoms with Crippen LogP contribution in [0.1, 0.15) is 48.3 Å². The van der Waals surface area contributed by atoms with Gasteiger partial charge in [0.2, 0.25) is 11.8 Å². The molecular formula is C31H28N2O7S. The SMILES string of the molecule is COC(=O)c1c(N2C(=O)[C@@H]3[C@H](C2=O)[C@H]2c4ccccc4C=CN2[C@H]3C(=O)c2cc(OC)ccc2OC)sc(C)c1C. The number of esters is 1. The first-order valence-electron chi connectivity index (χ1n) is 13.1. The Balaban J connectivity index is 1.53. The smallest absolute Gasteiger partial charge is 0.341 e. The quantitative estimate of drug-likeness (QED) is 0.241. The van der Waals surface area contributed by atoms with E-state index in [0.717, 1.165) is 20.9 Å². The van der Waals surface area contributed by atoms with Gasteiger partial charge in [0, 0.05) is 11.1 Å². The lowest BCUT2D eigenvalue weighted by atomic mass is 9.83. The molecule has 3 aliphatic rings. The van der Waals surface area contributed by atoms with E-state index in [1.807, 2.05) is 42.2 Å². The number of ether oxygens (including phenoxy) is 3. The van der Waals surface area contributed by atoms with Crippen molar-refractivity contribution in [3.05, 3.63) is 81.4 Å². The molecule has 2 amide bonds. The fraction of sp³-hybridized carbons (Fsp3) is 0.290. The van der Waals surface area contributed by atoms with Crippen molar-refractivity contribution in [2.24, 2.45) is 11.8 Å². The number of carbonyl (C=O) groups is 4. The number of rotatable bonds is 6. The van der Waals surface area contributed by atoms with E-state index in [9.17, 15) is 19.2 Å². The van der Waals surface area contributed by atoms with Crippen molar-refractivity contribution < 1.29 is 33.4 Å². The Labute approximate surface area is 240 Å². The van der Waals surface area contributed by atoms with Crippen LogP contribution in [0.3, 0.4) is 0 Å². The molecule has 2 fully saturated rings. The third kappa shape index (κ3) is 3.81. The second kappa shape index (κ2) is 9.88. The highest BCUT2D eigenvalue weighted by molar-refractivity contribution is 7.17. The van der Waals surface area contributed by atoms with E-state index in [1.165, 1.54) is 32.7 Å². The number of imide groups is 1. The summed E-state index contributed by atoms with van der Waals surface area (Å²) in [4.78, 5) is 59.6. The summed E-state index contributed by atoms with van der Waals surface area (Å²) in [6, 6.07) is 11.0. The summed E-state index contributed by atoms with van der Waals surface area (Å²) in [6.45, 7) is 3.59. The Morgan fingerprint density at radius 3 is 2.37 bits per heavy atom. The van der Waals surface area contributed by atoms with Crippen LogP contribution in [0, 0.1) is 25.7 Å². The van der Waals surface area contributed by atoms with Gasteiger partial charge in [-0.05, 0) is 54.8 Å². The third-order valence-corrected chi connectivity index (χ3v) is 9.55. The largest absolute Gasteiger partial charge is 0.497 e. The van der Waals surface area contributed by atoms with Crippen LogP contribution in [-0.2, 0) is 14.3 Å². The molecule has 0 unspecified atom stereocenters. The van der Waals surface area contributed by atoms with Gasteiger partial charge in [0.15, 0.2) is 5.78 Å². The predicted molar refractivity (Wildman–Crippen MR) is 152 cm³/mol. The first-order valence-corrected chi connectivity index (χ1v) is 13.9. The normalized spacial score (nSPS) is 22.4. The van der Waals surface area contributed by atoms with Crippen LogP contribution in [0.2, 0.25) is 0 Å². The van der Waals surface area contributed by atoms with E-state index in [-0.39, 0.29) is 21.9 Å². The number of ketones is 1. The van der Waals surface area contributed by atoms with Crippen LogP contribution in [0.15, 0.2) is 48.7 Å². The minimum absolute atomic E-state index is 0.190. The molecule has 0 bridgehead atoms. The van der Waals surface area contributed by atoms with Gasteiger partial charge in [-0.3, -0.25) is 14.4 Å². The Morgan fingerprint density at radius 1 is 0.927 bits per heavy atom. The minimum atomic E-state index is -1.00. The second-order valence-electron chi connectivity index (χ2n) is 10.2. The van der Waals surface area contributed by atoms with Gasteiger partial charge < -0.3 is 19.1 Å². The van der Waals surface area contributed by atoms with Gasteiger partial charge in [0.05, 0.1) is 50.3 Å². The fourth-order valence-electron chi connectivity index (χ4n) is 6.33. The lowest BCUT2D eigenvalue weighted by Gasteiger charge is -2.35. The summed E-state index contributed by atoms with van der Waals surface area (Å²) >= 11 is 1.19. The van der Waals surface area contributed by atoms with Crippen molar-refractivity contribution in [2.45, 2.75) is 25.9 Å². The molecule has 2 aromatic carbocycles. The van der Waals surface area contributed by atoms with Crippen LogP contribution in [0.5, 0.6) is 11.5 Å². The molecule has 0 spiro atoms. The molecule has 10 heteroatoms. The fourth-order valence-corrected chi connectivity index (χ4v) is 7.49. The van der Waals surface area contributed by atoms with Crippen molar-refractivity contribution in [3.63, 3.8) is 0 Å². The van der Waals surface area contributed by atoms with Gasteiger partial charge in [-0.1, -0.05) is 24.3 Å². The van der Waals surface area contributed by atoms with Crippen molar-refractivity contribution in [1.82, 2.24) is 4.90 Å². The van der Waals surface area contributed by atoms with Crippen molar-refractivity contribution in [1.29, 1.82) is 0 Å². The lowest BCUT2D eigenvalue weighted by Crippen LogP contribution is -2.44. The predicted octanol–water partition coefficient (Wildman–Crippen LogP) is 4.57. The summed E-state index contributed by atoms with van der Waals surface area (Å²) < 4.78 is 15.9. The number of anilines is 1. The molecule has 0 saturated carbocycles. The number of Topliss-reactive ketones (excluding diaryl/α,β-unsaturated/α-hetero) is 1. The highest BCUT2D eigenvalue weighted by Gasteiger charge is 2.65. The number of carbonyl (C=O) groups excluding carboxylic acids is 4. The molecule has 0 radical (unpaired) electrons. The van der Waals surface area contributed by atoms with Crippen LogP contribution >= 0.6 is 11.3 Å². The number of amides is 2. The zero-order chi connectivity index (χ0) is 29.2. The molecule has 0 aliphatic carbocycles. The van der Waals surface area contributed by atoms with Gasteiger partial charge in [-0.2, -0.15) is 0 Å². The molecule has 3 aromatic rings. The Kier molecular flexibility index (Phi) is 6.45. The van der Waals surface area contributed by atoms with Crippen molar-refractivity contribution in [3.8, 4) is 11.5 Å². The molecule has 4 heterocycles. The molecular weight excluding hydrogens is 544 g/mol. The van der Waals surface area contributed by atoms with Gasteiger partial charge >= 0.3 is 5.97 Å². The molecule has 6 rings (SSSR count). The molecule has 2 saturated heterocycles. The highest BCUT2D eigenvalue weighted by atomic mass is 32.1. The third-order valence-electron chi connectivity index (χ3n) is 8.36. The standard InChI is InChI=1S/C31H28N2O7S/c1-15-16(2)41-30(22(15)31(37)40-5)33-28(35)23-24(29(33)36)26(27(34)20-14-18(38-3)10-11-21(20)39-4)32-13-12-17-8-6-7-9-19(17)25(23)32/h6-14,23-26H,1-5H3/t23-,24+,25+,26+/m0/s1. The van der Waals surface area contributed by atoms with Crippen LogP contribution in [-0.4, -0.2) is 55.8 Å². The number of nitrogens with zero attached hydrogens (tertiary/aromatic N) is 2. The molecule has 0 N–H and O–H groups in total. The van der Waals surface area contributed by atoms with E-state index in [2.05, 4.69) is 0 Å². The van der Waals surface area contributed by atoms with Gasteiger partial charge in [-0.15, -0.1) is 11.3 Å². The lowest BCUT2D eigenvalue weighted by molar-refractivity contribution is -0.123. The Hall–Kier alpha value is -4.44. The zero-order valence-electron chi connectivity index (χ0n) is 23.2. The van der Waals surface area contributed by atoms with Crippen LogP contribution in [0.25, 0.3) is 6.08 Å². The van der Waals surface area contributed by atoms with Gasteiger partial charge in [0.1, 0.15) is 22.5 Å². The minimum Gasteiger partial charge on any atom is -0.497 e. The highest BCUT2D eigenvalue weighted by Crippen LogP contribution is 2.55. The monoisotopic (exact) mass is 572 g/mol. The van der Waals surface area contributed by atoms with Crippen LogP contribution in [0.4, 0.5) is 5.00 Å². The number of thiophene rings is 1. The number of hydrogen-bond acceptors (Lipinski definition) is 9. The maximum absolute atomic E-state index is 14.4. The van der Waals surface area contributed by atoms with Crippen molar-refractivity contribution >= 4 is 46.0 Å². The van der Waals surface area contributed by atoms with E-state index < -0.39 is 41.7 Å². The number of fused-ring (bicyclic) bond motifs is 5. The first-order chi connectivity index (χ1) is 19.7. The maximum atomic E-state index is 14.4. The topological polar surface area (TPSA) is 102 Å². The number of benzene rings is 2. The summed E-state index contributed by atoms with van der Waals surface area (Å²) in [7, 11) is 4.24. The summed E-state index contributed by atoms with van der Waals surface area (Å²) in [6.07, 6.45) is 3.69. The first kappa shape index (κ1) is 26.8. The van der Waals surface area contributed by atoms with E-state index in [4.69, 9.17) is 14.2 Å². The molecule has 41 heavy (non-hydrogen) atoms. The van der Waals surface area contributed by atoms with E-state index in [0.29, 0.717) is 17.1 Å². The second-order valence-corrected chi connectivity index (χ2v) is 11.4. The summed E-state index contributed by atoms with van der Waals surface area (Å²) in [5.74, 6) is -3.01. The number of aryl methyl sites for hydroxylation is 1. The molecule has 210 valence electrons.